The number of benzene rings is 1. The van der Waals surface area contributed by atoms with E-state index in [2.05, 4.69) is 14.9 Å². The Morgan fingerprint density at radius 2 is 2.20 bits per heavy atom. The summed E-state index contributed by atoms with van der Waals surface area (Å²) in [6.07, 6.45) is 0.649. The van der Waals surface area contributed by atoms with Crippen LogP contribution in [-0.4, -0.2) is 22.3 Å². The molecule has 0 radical (unpaired) electrons. The van der Waals surface area contributed by atoms with Gasteiger partial charge in [-0.15, -0.1) is 5.10 Å². The predicted molar refractivity (Wildman–Crippen MR) is 74.2 cm³/mol. The van der Waals surface area contributed by atoms with Crippen molar-refractivity contribution in [3.63, 3.8) is 0 Å². The molecule has 2 aromatic rings. The zero-order chi connectivity index (χ0) is 14.1. The summed E-state index contributed by atoms with van der Waals surface area (Å²) in [5, 5.41) is 6.66. The molecule has 0 saturated heterocycles. The van der Waals surface area contributed by atoms with E-state index in [-0.39, 0.29) is 12.7 Å². The van der Waals surface area contributed by atoms with Crippen LogP contribution < -0.4 is 20.5 Å². The smallest absolute Gasteiger partial charge is 0.269 e. The van der Waals surface area contributed by atoms with Crippen LogP contribution in [0.1, 0.15) is 22.3 Å². The van der Waals surface area contributed by atoms with Crippen molar-refractivity contribution in [2.75, 3.05) is 17.8 Å². The van der Waals surface area contributed by atoms with Gasteiger partial charge >= 0.3 is 0 Å². The van der Waals surface area contributed by atoms with Crippen molar-refractivity contribution in [2.45, 2.75) is 13.3 Å². The van der Waals surface area contributed by atoms with Crippen LogP contribution in [0.25, 0.3) is 0 Å². The van der Waals surface area contributed by atoms with Crippen LogP contribution in [0, 0.1) is 0 Å². The number of carbonyl (C=O) groups is 1. The van der Waals surface area contributed by atoms with E-state index in [0.717, 1.165) is 11.5 Å². The Bertz CT molecular complexity index is 671. The maximum Gasteiger partial charge on any atom is 0.269 e. The Hall–Kier alpha value is -2.35. The van der Waals surface area contributed by atoms with E-state index in [9.17, 15) is 4.79 Å². The van der Waals surface area contributed by atoms with Gasteiger partial charge in [-0.2, -0.15) is 0 Å². The molecule has 0 unspecified atom stereocenters. The number of rotatable bonds is 3. The molecule has 104 valence electrons. The highest BCUT2D eigenvalue weighted by atomic mass is 32.1. The van der Waals surface area contributed by atoms with Gasteiger partial charge in [0.05, 0.1) is 17.1 Å². The summed E-state index contributed by atoms with van der Waals surface area (Å²) in [7, 11) is 0. The lowest BCUT2D eigenvalue weighted by Gasteiger charge is -2.08. The third-order valence-corrected chi connectivity index (χ3v) is 3.66. The number of ether oxygens (including phenoxy) is 2. The summed E-state index contributed by atoms with van der Waals surface area (Å²) < 4.78 is 14.3. The van der Waals surface area contributed by atoms with Gasteiger partial charge in [-0.1, -0.05) is 11.4 Å². The van der Waals surface area contributed by atoms with Crippen molar-refractivity contribution in [1.82, 2.24) is 9.59 Å². The van der Waals surface area contributed by atoms with E-state index in [0.29, 0.717) is 39.9 Å². The molecule has 7 nitrogen and oxygen atoms in total. The molecule has 2 heterocycles. The molecule has 0 fully saturated rings. The summed E-state index contributed by atoms with van der Waals surface area (Å²) in [5.41, 5.74) is 7.46. The SMILES string of the molecule is CCc1nnsc1C(=O)Nc1cc2c(cc1N)OCO2. The fraction of sp³-hybridized carbons (Fsp3) is 0.250. The molecule has 3 N–H and O–H groups in total. The first-order chi connectivity index (χ1) is 9.69. The molecule has 0 atom stereocenters. The first-order valence-electron chi connectivity index (χ1n) is 6.00. The molecule has 1 aromatic carbocycles. The Morgan fingerprint density at radius 1 is 1.45 bits per heavy atom. The fourth-order valence-corrected chi connectivity index (χ4v) is 2.50. The second kappa shape index (κ2) is 4.97. The van der Waals surface area contributed by atoms with Crippen LogP contribution in [-0.2, 0) is 6.42 Å². The summed E-state index contributed by atoms with van der Waals surface area (Å²) in [4.78, 5) is 12.7. The van der Waals surface area contributed by atoms with Gasteiger partial charge in [0.15, 0.2) is 11.5 Å². The van der Waals surface area contributed by atoms with Gasteiger partial charge in [0, 0.05) is 12.1 Å². The molecule has 0 bridgehead atoms. The topological polar surface area (TPSA) is 99.4 Å². The maximum absolute atomic E-state index is 12.2. The average Bonchev–Trinajstić information content (AvgIpc) is 3.06. The minimum atomic E-state index is -0.276. The number of hydrogen-bond acceptors (Lipinski definition) is 7. The third-order valence-electron chi connectivity index (χ3n) is 2.89. The van der Waals surface area contributed by atoms with Crippen molar-refractivity contribution in [1.29, 1.82) is 0 Å². The van der Waals surface area contributed by atoms with Gasteiger partial charge in [-0.05, 0) is 18.0 Å². The third kappa shape index (κ3) is 2.14. The van der Waals surface area contributed by atoms with E-state index in [4.69, 9.17) is 15.2 Å². The van der Waals surface area contributed by atoms with Gasteiger partial charge in [-0.25, -0.2) is 0 Å². The highest BCUT2D eigenvalue weighted by Gasteiger charge is 2.20. The number of nitrogen functional groups attached to an aromatic ring is 1. The second-order valence-electron chi connectivity index (χ2n) is 4.15. The number of nitrogens with one attached hydrogen (secondary N) is 1. The number of nitrogens with zero attached hydrogens (tertiary/aromatic N) is 2. The number of hydrogen-bond donors (Lipinski definition) is 2. The summed E-state index contributed by atoms with van der Waals surface area (Å²) in [6.45, 7) is 2.08. The average molecular weight is 292 g/mol. The highest BCUT2D eigenvalue weighted by Crippen LogP contribution is 2.38. The van der Waals surface area contributed by atoms with E-state index in [1.807, 2.05) is 6.92 Å². The number of nitrogens with two attached hydrogens (primary N) is 1. The van der Waals surface area contributed by atoms with E-state index < -0.39 is 0 Å². The van der Waals surface area contributed by atoms with Crippen LogP contribution >= 0.6 is 11.5 Å². The molecule has 3 rings (SSSR count). The lowest BCUT2D eigenvalue weighted by atomic mass is 10.2. The Morgan fingerprint density at radius 3 is 2.95 bits per heavy atom. The van der Waals surface area contributed by atoms with E-state index in [1.54, 1.807) is 12.1 Å². The van der Waals surface area contributed by atoms with Crippen LogP contribution in [0.4, 0.5) is 11.4 Å². The molecule has 8 heteroatoms. The first kappa shape index (κ1) is 12.7. The lowest BCUT2D eigenvalue weighted by molar-refractivity contribution is 0.102. The number of aromatic nitrogens is 2. The fourth-order valence-electron chi connectivity index (χ4n) is 1.86. The van der Waals surface area contributed by atoms with Crippen LogP contribution in [0.5, 0.6) is 11.5 Å². The quantitative estimate of drug-likeness (QED) is 0.835. The van der Waals surface area contributed by atoms with Gasteiger partial charge in [0.25, 0.3) is 5.91 Å². The molecule has 1 aliphatic rings. The van der Waals surface area contributed by atoms with Gasteiger partial charge in [-0.3, -0.25) is 4.79 Å². The zero-order valence-electron chi connectivity index (χ0n) is 10.7. The van der Waals surface area contributed by atoms with Crippen LogP contribution in [0.3, 0.4) is 0 Å². The number of anilines is 2. The zero-order valence-corrected chi connectivity index (χ0v) is 11.5. The molecular formula is C12H12N4O3S. The number of carbonyl (C=O) groups excluding carboxylic acids is 1. The highest BCUT2D eigenvalue weighted by molar-refractivity contribution is 7.08. The normalized spacial score (nSPS) is 12.4. The number of aryl methyl sites for hydroxylation is 1. The monoisotopic (exact) mass is 292 g/mol. The molecule has 20 heavy (non-hydrogen) atoms. The Kier molecular flexibility index (Phi) is 3.15. The molecule has 1 aliphatic heterocycles. The van der Waals surface area contributed by atoms with E-state index in [1.165, 1.54) is 0 Å². The number of fused-ring (bicyclic) bond motifs is 1. The second-order valence-corrected chi connectivity index (χ2v) is 4.90. The van der Waals surface area contributed by atoms with Gasteiger partial charge in [0.2, 0.25) is 6.79 Å². The number of amides is 1. The van der Waals surface area contributed by atoms with Crippen LogP contribution in [0.2, 0.25) is 0 Å². The minimum Gasteiger partial charge on any atom is -0.454 e. The van der Waals surface area contributed by atoms with Gasteiger partial charge < -0.3 is 20.5 Å². The molecular weight excluding hydrogens is 280 g/mol. The van der Waals surface area contributed by atoms with Crippen molar-refractivity contribution in [2.24, 2.45) is 0 Å². The van der Waals surface area contributed by atoms with Gasteiger partial charge in [0.1, 0.15) is 4.88 Å². The maximum atomic E-state index is 12.2. The van der Waals surface area contributed by atoms with Crippen molar-refractivity contribution in [3.05, 3.63) is 22.7 Å². The first-order valence-corrected chi connectivity index (χ1v) is 6.78. The molecule has 0 saturated carbocycles. The van der Waals surface area contributed by atoms with E-state index >= 15 is 0 Å². The Balaban J connectivity index is 1.86. The standard InChI is InChI=1S/C12H12N4O3S/c1-2-7-11(20-16-15-7)12(17)14-8-4-10-9(3-6(8)13)18-5-19-10/h3-4H,2,5,13H2,1H3,(H,14,17). The van der Waals surface area contributed by atoms with Crippen LogP contribution in [0.15, 0.2) is 12.1 Å². The summed E-state index contributed by atoms with van der Waals surface area (Å²) in [6, 6.07) is 3.28. The summed E-state index contributed by atoms with van der Waals surface area (Å²) >= 11 is 1.06. The molecule has 1 amide bonds. The molecule has 0 aliphatic carbocycles. The summed E-state index contributed by atoms with van der Waals surface area (Å²) in [5.74, 6) is 0.865. The predicted octanol–water partition coefficient (Wildman–Crippen LogP) is 1.66. The Labute approximate surface area is 118 Å². The molecule has 1 aromatic heterocycles. The van der Waals surface area contributed by atoms with Crippen molar-refractivity contribution >= 4 is 28.8 Å². The lowest BCUT2D eigenvalue weighted by Crippen LogP contribution is -2.13. The van der Waals surface area contributed by atoms with Crippen molar-refractivity contribution in [3.8, 4) is 11.5 Å². The van der Waals surface area contributed by atoms with Crippen molar-refractivity contribution < 1.29 is 14.3 Å². The molecule has 0 spiro atoms. The largest absolute Gasteiger partial charge is 0.454 e. The minimum absolute atomic E-state index is 0.158.